The summed E-state index contributed by atoms with van der Waals surface area (Å²) >= 11 is 0. The zero-order valence-corrected chi connectivity index (χ0v) is 11.8. The van der Waals surface area contributed by atoms with Crippen LogP contribution in [0.3, 0.4) is 0 Å². The number of hydrogen-bond donors (Lipinski definition) is 1. The van der Waals surface area contributed by atoms with Crippen molar-refractivity contribution in [3.8, 4) is 0 Å². The average molecular weight is 250 g/mol. The molecule has 1 aromatic heterocycles. The van der Waals surface area contributed by atoms with Gasteiger partial charge in [0.2, 0.25) is 0 Å². The van der Waals surface area contributed by atoms with E-state index in [2.05, 4.69) is 18.4 Å². The Kier molecular flexibility index (Phi) is 4.81. The predicted octanol–water partition coefficient (Wildman–Crippen LogP) is 3.05. The molecule has 3 heteroatoms. The summed E-state index contributed by atoms with van der Waals surface area (Å²) in [4.78, 5) is 4.77. The van der Waals surface area contributed by atoms with Crippen molar-refractivity contribution in [3.05, 3.63) is 17.2 Å². The monoisotopic (exact) mass is 250 g/mol. The van der Waals surface area contributed by atoms with Crippen LogP contribution in [0, 0.1) is 0 Å². The largest absolute Gasteiger partial charge is 0.396 e. The summed E-state index contributed by atoms with van der Waals surface area (Å²) in [5, 5.41) is 9.21. The van der Waals surface area contributed by atoms with E-state index >= 15 is 0 Å². The molecule has 0 saturated heterocycles. The second-order valence-electron chi connectivity index (χ2n) is 5.46. The Morgan fingerprint density at radius 1 is 1.33 bits per heavy atom. The van der Waals surface area contributed by atoms with Crippen LogP contribution >= 0.6 is 0 Å². The number of aliphatic hydroxyl groups is 1. The van der Waals surface area contributed by atoms with Gasteiger partial charge in [-0.1, -0.05) is 19.8 Å². The van der Waals surface area contributed by atoms with E-state index in [1.54, 1.807) is 0 Å². The van der Waals surface area contributed by atoms with E-state index in [4.69, 9.17) is 4.98 Å². The third-order valence-corrected chi connectivity index (χ3v) is 3.99. The molecule has 0 aromatic carbocycles. The van der Waals surface area contributed by atoms with Crippen LogP contribution in [-0.4, -0.2) is 21.3 Å². The number of aromatic nitrogens is 2. The van der Waals surface area contributed by atoms with Gasteiger partial charge < -0.3 is 9.67 Å². The molecule has 0 bridgehead atoms. The van der Waals surface area contributed by atoms with Gasteiger partial charge in [-0.25, -0.2) is 4.98 Å². The predicted molar refractivity (Wildman–Crippen MR) is 73.9 cm³/mol. The molecule has 1 atom stereocenters. The summed E-state index contributed by atoms with van der Waals surface area (Å²) in [6, 6.07) is 0.529. The highest BCUT2D eigenvalue weighted by atomic mass is 16.3. The van der Waals surface area contributed by atoms with Crippen molar-refractivity contribution < 1.29 is 5.11 Å². The molecule has 2 rings (SSSR count). The van der Waals surface area contributed by atoms with E-state index in [0.29, 0.717) is 12.5 Å². The lowest BCUT2D eigenvalue weighted by molar-refractivity contribution is 0.292. The Morgan fingerprint density at radius 2 is 2.11 bits per heavy atom. The lowest BCUT2D eigenvalue weighted by atomic mass is 10.0. The molecule has 0 aliphatic heterocycles. The van der Waals surface area contributed by atoms with E-state index in [9.17, 15) is 5.11 Å². The first-order valence-electron chi connectivity index (χ1n) is 7.47. The van der Waals surface area contributed by atoms with Gasteiger partial charge in [0.15, 0.2) is 0 Å². The molecule has 1 aliphatic carbocycles. The molecule has 0 radical (unpaired) electrons. The lowest BCUT2D eigenvalue weighted by Crippen LogP contribution is -2.15. The molecule has 18 heavy (non-hydrogen) atoms. The van der Waals surface area contributed by atoms with Gasteiger partial charge in [-0.3, -0.25) is 0 Å². The van der Waals surface area contributed by atoms with E-state index in [0.717, 1.165) is 12.2 Å². The van der Waals surface area contributed by atoms with Crippen molar-refractivity contribution in [3.63, 3.8) is 0 Å². The van der Waals surface area contributed by atoms with Crippen molar-refractivity contribution in [2.24, 2.45) is 0 Å². The fraction of sp³-hybridized carbons (Fsp3) is 0.800. The summed E-state index contributed by atoms with van der Waals surface area (Å²) in [5.74, 6) is 1.10. The van der Waals surface area contributed by atoms with Crippen LogP contribution in [0.15, 0.2) is 0 Å². The highest BCUT2D eigenvalue weighted by molar-refractivity contribution is 5.21. The summed E-state index contributed by atoms with van der Waals surface area (Å²) < 4.78 is 2.43. The van der Waals surface area contributed by atoms with Crippen molar-refractivity contribution in [1.29, 1.82) is 0 Å². The summed E-state index contributed by atoms with van der Waals surface area (Å²) in [7, 11) is 0. The molecule has 1 aliphatic rings. The third kappa shape index (κ3) is 2.77. The molecule has 1 unspecified atom stereocenters. The van der Waals surface area contributed by atoms with Gasteiger partial charge in [0.05, 0.1) is 12.3 Å². The van der Waals surface area contributed by atoms with Crippen LogP contribution < -0.4 is 0 Å². The molecule has 1 heterocycles. The number of aliphatic hydroxyl groups excluding tert-OH is 1. The average Bonchev–Trinajstić information content (AvgIpc) is 2.74. The number of rotatable bonds is 6. The smallest absolute Gasteiger partial charge is 0.111 e. The van der Waals surface area contributed by atoms with Gasteiger partial charge >= 0.3 is 0 Å². The van der Waals surface area contributed by atoms with Crippen molar-refractivity contribution in [2.75, 3.05) is 6.61 Å². The van der Waals surface area contributed by atoms with Crippen molar-refractivity contribution in [1.82, 2.24) is 9.55 Å². The van der Waals surface area contributed by atoms with Gasteiger partial charge in [0.25, 0.3) is 0 Å². The fourth-order valence-electron chi connectivity index (χ4n) is 3.04. The minimum atomic E-state index is 0.205. The normalized spacial score (nSPS) is 16.6. The Labute approximate surface area is 110 Å². The van der Waals surface area contributed by atoms with E-state index in [-0.39, 0.29) is 6.61 Å². The number of unbranched alkanes of at least 4 members (excludes halogenated alkanes) is 1. The topological polar surface area (TPSA) is 38.0 Å². The number of fused-ring (bicyclic) bond motifs is 1. The van der Waals surface area contributed by atoms with Crippen LogP contribution in [0.25, 0.3) is 0 Å². The molecule has 0 spiro atoms. The van der Waals surface area contributed by atoms with Gasteiger partial charge in [0, 0.05) is 18.2 Å². The quantitative estimate of drug-likeness (QED) is 0.842. The number of nitrogens with zero attached hydrogens (tertiary/aromatic N) is 2. The van der Waals surface area contributed by atoms with Crippen LogP contribution in [0.4, 0.5) is 0 Å². The number of hydrogen-bond acceptors (Lipinski definition) is 2. The highest BCUT2D eigenvalue weighted by Gasteiger charge is 2.22. The summed E-state index contributed by atoms with van der Waals surface area (Å²) in [6.07, 6.45) is 9.29. The van der Waals surface area contributed by atoms with Gasteiger partial charge in [0.1, 0.15) is 5.82 Å². The highest BCUT2D eigenvalue weighted by Crippen LogP contribution is 2.27. The Morgan fingerprint density at radius 3 is 2.83 bits per heavy atom. The van der Waals surface area contributed by atoms with Crippen LogP contribution in [0.2, 0.25) is 0 Å². The minimum Gasteiger partial charge on any atom is -0.396 e. The molecule has 1 aromatic rings. The van der Waals surface area contributed by atoms with E-state index in [1.807, 2.05) is 0 Å². The maximum atomic E-state index is 9.21. The number of aryl methyl sites for hydroxylation is 1. The molecular formula is C15H26N2O. The Bertz CT molecular complexity index is 384. The standard InChI is InChI=1S/C15H26N2O/c1-3-4-7-12(2)17-14-9-6-5-8-13(14)16-15(17)10-11-18/h12,18H,3-11H2,1-2H3. The molecular weight excluding hydrogens is 224 g/mol. The lowest BCUT2D eigenvalue weighted by Gasteiger charge is -2.21. The molecule has 102 valence electrons. The van der Waals surface area contributed by atoms with E-state index < -0.39 is 0 Å². The molecule has 0 fully saturated rings. The van der Waals surface area contributed by atoms with Gasteiger partial charge in [-0.2, -0.15) is 0 Å². The first-order chi connectivity index (χ1) is 8.77. The fourth-order valence-corrected chi connectivity index (χ4v) is 3.04. The molecule has 0 saturated carbocycles. The van der Waals surface area contributed by atoms with Crippen LogP contribution in [0.1, 0.15) is 69.2 Å². The van der Waals surface area contributed by atoms with Crippen LogP contribution in [0.5, 0.6) is 0 Å². The zero-order valence-electron chi connectivity index (χ0n) is 11.8. The molecule has 3 nitrogen and oxygen atoms in total. The second kappa shape index (κ2) is 6.37. The molecule has 0 amide bonds. The van der Waals surface area contributed by atoms with Crippen molar-refractivity contribution >= 4 is 0 Å². The Hall–Kier alpha value is -0.830. The maximum absolute atomic E-state index is 9.21. The third-order valence-electron chi connectivity index (χ3n) is 3.99. The van der Waals surface area contributed by atoms with E-state index in [1.165, 1.54) is 49.9 Å². The number of imidazole rings is 1. The van der Waals surface area contributed by atoms with Gasteiger partial charge in [-0.05, 0) is 39.0 Å². The summed E-state index contributed by atoms with van der Waals surface area (Å²) in [6.45, 7) is 4.74. The van der Waals surface area contributed by atoms with Crippen LogP contribution in [-0.2, 0) is 19.3 Å². The zero-order chi connectivity index (χ0) is 13.0. The van der Waals surface area contributed by atoms with Gasteiger partial charge in [-0.15, -0.1) is 0 Å². The first-order valence-corrected chi connectivity index (χ1v) is 7.47. The first kappa shape index (κ1) is 13.6. The summed E-state index contributed by atoms with van der Waals surface area (Å²) in [5.41, 5.74) is 2.75. The Balaban J connectivity index is 2.26. The molecule has 1 N–H and O–H groups in total. The van der Waals surface area contributed by atoms with Crippen molar-refractivity contribution in [2.45, 2.75) is 71.3 Å². The second-order valence-corrected chi connectivity index (χ2v) is 5.46. The maximum Gasteiger partial charge on any atom is 0.111 e. The SMILES string of the molecule is CCCCC(C)n1c(CCO)nc2c1CCCC2. The minimum absolute atomic E-state index is 0.205.